The van der Waals surface area contributed by atoms with E-state index in [9.17, 15) is 9.59 Å². The van der Waals surface area contributed by atoms with Crippen LogP contribution in [0.15, 0.2) is 59.1 Å². The maximum atomic E-state index is 12.9. The van der Waals surface area contributed by atoms with Crippen LogP contribution in [-0.2, 0) is 0 Å². The van der Waals surface area contributed by atoms with Gasteiger partial charge in [0.05, 0.1) is 11.1 Å². The van der Waals surface area contributed by atoms with Crippen molar-refractivity contribution in [1.82, 2.24) is 15.0 Å². The normalized spacial score (nSPS) is 14.5. The third-order valence-electron chi connectivity index (χ3n) is 4.49. The molecule has 0 saturated carbocycles. The van der Waals surface area contributed by atoms with Gasteiger partial charge < -0.3 is 4.52 Å². The first kappa shape index (κ1) is 17.5. The molecule has 4 rings (SSSR count). The van der Waals surface area contributed by atoms with Gasteiger partial charge in [-0.15, -0.1) is 0 Å². The predicted molar refractivity (Wildman–Crippen MR) is 102 cm³/mol. The van der Waals surface area contributed by atoms with Crippen LogP contribution in [0, 0.1) is 0 Å². The second-order valence-electron chi connectivity index (χ2n) is 6.15. The number of imide groups is 1. The molecule has 27 heavy (non-hydrogen) atoms. The number of thioether (sulfide) groups is 1. The van der Waals surface area contributed by atoms with Gasteiger partial charge in [-0.05, 0) is 30.6 Å². The summed E-state index contributed by atoms with van der Waals surface area (Å²) in [6.45, 7) is 0. The topological polar surface area (TPSA) is 76.3 Å². The molecule has 1 unspecified atom stereocenters. The van der Waals surface area contributed by atoms with Crippen molar-refractivity contribution in [2.45, 2.75) is 12.5 Å². The van der Waals surface area contributed by atoms with Crippen molar-refractivity contribution in [2.75, 3.05) is 12.0 Å². The molecule has 0 bridgehead atoms. The summed E-state index contributed by atoms with van der Waals surface area (Å²) in [5, 5.41) is 4.04. The highest BCUT2D eigenvalue weighted by molar-refractivity contribution is 7.98. The van der Waals surface area contributed by atoms with Crippen LogP contribution in [0.3, 0.4) is 0 Å². The number of carbonyl (C=O) groups excluding carboxylic acids is 2. The molecule has 6 nitrogen and oxygen atoms in total. The Morgan fingerprint density at radius 2 is 1.63 bits per heavy atom. The van der Waals surface area contributed by atoms with E-state index in [1.54, 1.807) is 36.0 Å². The maximum Gasteiger partial charge on any atom is 0.262 e. The standard InChI is InChI=1S/C20H17N3O3S/c1-27-12-11-16(18-21-17(22-26-18)13-7-3-2-4-8-13)23-19(24)14-9-5-6-10-15(14)20(23)25/h2-10,16H,11-12H2,1H3. The fourth-order valence-corrected chi connectivity index (χ4v) is 3.62. The fourth-order valence-electron chi connectivity index (χ4n) is 3.16. The van der Waals surface area contributed by atoms with E-state index in [4.69, 9.17) is 4.52 Å². The zero-order valence-electron chi connectivity index (χ0n) is 14.7. The van der Waals surface area contributed by atoms with Crippen LogP contribution in [-0.4, -0.2) is 38.9 Å². The Labute approximate surface area is 160 Å². The Morgan fingerprint density at radius 1 is 1.00 bits per heavy atom. The second-order valence-corrected chi connectivity index (χ2v) is 7.13. The van der Waals surface area contributed by atoms with Crippen LogP contribution in [0.5, 0.6) is 0 Å². The SMILES string of the molecule is CSCCC(c1nc(-c2ccccc2)no1)N1C(=O)c2ccccc2C1=O. The summed E-state index contributed by atoms with van der Waals surface area (Å²) in [6.07, 6.45) is 2.52. The van der Waals surface area contributed by atoms with E-state index in [1.165, 1.54) is 4.90 Å². The molecule has 1 aromatic heterocycles. The van der Waals surface area contributed by atoms with Crippen LogP contribution < -0.4 is 0 Å². The number of carbonyl (C=O) groups is 2. The lowest BCUT2D eigenvalue weighted by molar-refractivity contribution is 0.0548. The van der Waals surface area contributed by atoms with E-state index in [2.05, 4.69) is 10.1 Å². The Balaban J connectivity index is 1.70. The highest BCUT2D eigenvalue weighted by Crippen LogP contribution is 2.34. The zero-order chi connectivity index (χ0) is 18.8. The quantitative estimate of drug-likeness (QED) is 0.606. The van der Waals surface area contributed by atoms with Gasteiger partial charge in [-0.25, -0.2) is 0 Å². The molecule has 0 fully saturated rings. The Bertz CT molecular complexity index is 952. The molecule has 1 aliphatic rings. The first-order valence-corrected chi connectivity index (χ1v) is 9.95. The lowest BCUT2D eigenvalue weighted by Crippen LogP contribution is -2.34. The van der Waals surface area contributed by atoms with Crippen LogP contribution in [0.1, 0.15) is 39.1 Å². The summed E-state index contributed by atoms with van der Waals surface area (Å²) in [5.74, 6) is 0.831. The number of amides is 2. The van der Waals surface area contributed by atoms with Crippen molar-refractivity contribution in [2.24, 2.45) is 0 Å². The summed E-state index contributed by atoms with van der Waals surface area (Å²) in [6, 6.07) is 15.7. The number of aromatic nitrogens is 2. The highest BCUT2D eigenvalue weighted by Gasteiger charge is 2.42. The van der Waals surface area contributed by atoms with Gasteiger partial charge in [-0.2, -0.15) is 16.7 Å². The molecule has 0 saturated heterocycles. The molecule has 1 atom stereocenters. The fraction of sp³-hybridized carbons (Fsp3) is 0.200. The van der Waals surface area contributed by atoms with Gasteiger partial charge in [0.1, 0.15) is 6.04 Å². The molecule has 0 aliphatic carbocycles. The number of hydrogen-bond donors (Lipinski definition) is 0. The van der Waals surface area contributed by atoms with Gasteiger partial charge in [0.15, 0.2) is 0 Å². The lowest BCUT2D eigenvalue weighted by Gasteiger charge is -2.22. The van der Waals surface area contributed by atoms with Gasteiger partial charge in [0, 0.05) is 5.56 Å². The average Bonchev–Trinajstić information content (AvgIpc) is 3.29. The molecule has 1 aliphatic heterocycles. The predicted octanol–water partition coefficient (Wildman–Crippen LogP) is 3.83. The Hall–Kier alpha value is -2.93. The van der Waals surface area contributed by atoms with Crippen LogP contribution in [0.2, 0.25) is 0 Å². The number of hydrogen-bond acceptors (Lipinski definition) is 6. The van der Waals surface area contributed by atoms with Crippen molar-refractivity contribution in [3.63, 3.8) is 0 Å². The minimum Gasteiger partial charge on any atom is -0.337 e. The van der Waals surface area contributed by atoms with Crippen molar-refractivity contribution in [3.8, 4) is 11.4 Å². The van der Waals surface area contributed by atoms with Crippen LogP contribution in [0.4, 0.5) is 0 Å². The first-order valence-electron chi connectivity index (χ1n) is 8.55. The Morgan fingerprint density at radius 3 is 2.26 bits per heavy atom. The number of rotatable bonds is 6. The molecular weight excluding hydrogens is 362 g/mol. The van der Waals surface area contributed by atoms with E-state index in [0.717, 1.165) is 11.3 Å². The van der Waals surface area contributed by atoms with Gasteiger partial charge in [-0.1, -0.05) is 47.6 Å². The molecule has 2 heterocycles. The molecule has 2 amide bonds. The largest absolute Gasteiger partial charge is 0.337 e. The first-order chi connectivity index (χ1) is 13.2. The molecule has 136 valence electrons. The summed E-state index contributed by atoms with van der Waals surface area (Å²) in [4.78, 5) is 31.5. The van der Waals surface area contributed by atoms with Gasteiger partial charge in [0.2, 0.25) is 11.7 Å². The molecular formula is C20H17N3O3S. The molecule has 2 aromatic carbocycles. The highest BCUT2D eigenvalue weighted by atomic mass is 32.2. The summed E-state index contributed by atoms with van der Waals surface area (Å²) in [5.41, 5.74) is 1.65. The van der Waals surface area contributed by atoms with E-state index in [-0.39, 0.29) is 17.7 Å². The van der Waals surface area contributed by atoms with Crippen LogP contribution >= 0.6 is 11.8 Å². The van der Waals surface area contributed by atoms with E-state index < -0.39 is 6.04 Å². The molecule has 3 aromatic rings. The van der Waals surface area contributed by atoms with Gasteiger partial charge in [-0.3, -0.25) is 14.5 Å². The van der Waals surface area contributed by atoms with Crippen molar-refractivity contribution < 1.29 is 14.1 Å². The van der Waals surface area contributed by atoms with Crippen molar-refractivity contribution in [3.05, 3.63) is 71.6 Å². The number of nitrogens with zero attached hydrogens (tertiary/aromatic N) is 3. The molecule has 0 spiro atoms. The average molecular weight is 379 g/mol. The minimum absolute atomic E-state index is 0.275. The Kier molecular flexibility index (Phi) is 4.77. The van der Waals surface area contributed by atoms with Gasteiger partial charge in [0.25, 0.3) is 11.8 Å². The summed E-state index contributed by atoms with van der Waals surface area (Å²) >= 11 is 1.63. The van der Waals surface area contributed by atoms with E-state index >= 15 is 0 Å². The number of benzene rings is 2. The monoisotopic (exact) mass is 379 g/mol. The zero-order valence-corrected chi connectivity index (χ0v) is 15.5. The van der Waals surface area contributed by atoms with Crippen LogP contribution in [0.25, 0.3) is 11.4 Å². The summed E-state index contributed by atoms with van der Waals surface area (Å²) < 4.78 is 5.47. The second kappa shape index (κ2) is 7.36. The smallest absolute Gasteiger partial charge is 0.262 e. The van der Waals surface area contributed by atoms with Crippen molar-refractivity contribution >= 4 is 23.6 Å². The molecule has 0 radical (unpaired) electrons. The molecule has 7 heteroatoms. The number of fused-ring (bicyclic) bond motifs is 1. The van der Waals surface area contributed by atoms with E-state index in [0.29, 0.717) is 23.4 Å². The third-order valence-corrected chi connectivity index (χ3v) is 5.14. The minimum atomic E-state index is -0.588. The maximum absolute atomic E-state index is 12.9. The lowest BCUT2D eigenvalue weighted by atomic mass is 10.1. The summed E-state index contributed by atoms with van der Waals surface area (Å²) in [7, 11) is 0. The third kappa shape index (κ3) is 3.14. The van der Waals surface area contributed by atoms with Gasteiger partial charge >= 0.3 is 0 Å². The van der Waals surface area contributed by atoms with E-state index in [1.807, 2.05) is 36.6 Å². The molecule has 0 N–H and O–H groups in total. The van der Waals surface area contributed by atoms with Crippen molar-refractivity contribution in [1.29, 1.82) is 0 Å².